The van der Waals surface area contributed by atoms with Crippen LogP contribution in [0.4, 0.5) is 0 Å². The van der Waals surface area contributed by atoms with Gasteiger partial charge in [-0.2, -0.15) is 5.10 Å². The third-order valence-corrected chi connectivity index (χ3v) is 3.44. The van der Waals surface area contributed by atoms with Crippen LogP contribution in [0.15, 0.2) is 10.7 Å². The predicted molar refractivity (Wildman–Crippen MR) is 74.4 cm³/mol. The Labute approximate surface area is 116 Å². The molecule has 1 rings (SSSR count). The average molecular weight is 320 g/mol. The largest absolute Gasteiger partial charge is 0.381 e. The number of rotatable bonds is 7. The number of aliphatic hydroxyl groups is 1. The molecule has 1 unspecified atom stereocenters. The first-order chi connectivity index (χ1) is 8.46. The van der Waals surface area contributed by atoms with Crippen molar-refractivity contribution in [3.05, 3.63) is 16.4 Å². The fourth-order valence-corrected chi connectivity index (χ4v) is 2.70. The summed E-state index contributed by atoms with van der Waals surface area (Å²) in [4.78, 5) is 0. The van der Waals surface area contributed by atoms with E-state index in [0.717, 1.165) is 16.6 Å². The second kappa shape index (κ2) is 6.65. The van der Waals surface area contributed by atoms with Gasteiger partial charge in [-0.1, -0.05) is 0 Å². The molecule has 1 aromatic rings. The minimum Gasteiger partial charge on any atom is -0.381 e. The summed E-state index contributed by atoms with van der Waals surface area (Å²) in [6, 6.07) is 0.174. The van der Waals surface area contributed by atoms with Gasteiger partial charge in [0.2, 0.25) is 0 Å². The number of halogens is 1. The first-order valence-electron chi connectivity index (χ1n) is 6.11. The van der Waals surface area contributed by atoms with E-state index in [0.29, 0.717) is 13.0 Å². The molecule has 0 amide bonds. The van der Waals surface area contributed by atoms with Crippen molar-refractivity contribution in [2.24, 2.45) is 5.73 Å². The first-order valence-corrected chi connectivity index (χ1v) is 6.90. The van der Waals surface area contributed by atoms with Crippen LogP contribution in [-0.2, 0) is 10.3 Å². The fraction of sp³-hybridized carbons (Fsp3) is 0.750. The lowest BCUT2D eigenvalue weighted by atomic mass is 9.94. The minimum atomic E-state index is -1.06. The number of nitrogens with zero attached hydrogens (tertiary/aromatic N) is 2. The predicted octanol–water partition coefficient (Wildman–Crippen LogP) is 1.80. The van der Waals surface area contributed by atoms with Gasteiger partial charge < -0.3 is 15.6 Å². The van der Waals surface area contributed by atoms with Gasteiger partial charge in [0, 0.05) is 13.2 Å². The maximum absolute atomic E-state index is 10.8. The summed E-state index contributed by atoms with van der Waals surface area (Å²) in [6.45, 7) is 4.82. The smallest absolute Gasteiger partial charge is 0.130 e. The van der Waals surface area contributed by atoms with E-state index in [1.54, 1.807) is 13.3 Å². The normalized spacial score (nSPS) is 15.1. The molecule has 0 bridgehead atoms. The lowest BCUT2D eigenvalue weighted by Gasteiger charge is -2.29. The zero-order valence-electron chi connectivity index (χ0n) is 11.2. The lowest BCUT2D eigenvalue weighted by Crippen LogP contribution is -2.35. The zero-order valence-corrected chi connectivity index (χ0v) is 12.8. The Morgan fingerprint density at radius 2 is 2.28 bits per heavy atom. The van der Waals surface area contributed by atoms with Crippen LogP contribution in [0.2, 0.25) is 0 Å². The van der Waals surface area contributed by atoms with Crippen molar-refractivity contribution in [2.45, 2.75) is 38.3 Å². The van der Waals surface area contributed by atoms with E-state index in [9.17, 15) is 5.11 Å². The van der Waals surface area contributed by atoms with Gasteiger partial charge in [-0.05, 0) is 49.2 Å². The molecule has 0 saturated heterocycles. The van der Waals surface area contributed by atoms with Crippen molar-refractivity contribution >= 4 is 15.9 Å². The maximum atomic E-state index is 10.8. The summed E-state index contributed by atoms with van der Waals surface area (Å²) in [6.07, 6.45) is 2.99. The Balaban J connectivity index is 3.15. The third kappa shape index (κ3) is 3.32. The van der Waals surface area contributed by atoms with Gasteiger partial charge in [-0.25, -0.2) is 0 Å². The number of nitrogens with two attached hydrogens (primary N) is 1. The molecule has 0 fully saturated rings. The molecule has 3 N–H and O–H groups in total. The van der Waals surface area contributed by atoms with E-state index < -0.39 is 5.60 Å². The Bertz CT molecular complexity index is 381. The molecule has 5 nitrogen and oxygen atoms in total. The highest BCUT2D eigenvalue weighted by molar-refractivity contribution is 9.10. The molecule has 18 heavy (non-hydrogen) atoms. The van der Waals surface area contributed by atoms with Gasteiger partial charge in [0.15, 0.2) is 0 Å². The molecular formula is C12H22BrN3O2. The monoisotopic (exact) mass is 319 g/mol. The van der Waals surface area contributed by atoms with Crippen LogP contribution in [-0.4, -0.2) is 35.1 Å². The summed E-state index contributed by atoms with van der Waals surface area (Å²) in [5, 5.41) is 15.1. The second-order valence-corrected chi connectivity index (χ2v) is 5.59. The summed E-state index contributed by atoms with van der Waals surface area (Å²) in [5.74, 6) is 0. The highest BCUT2D eigenvalue weighted by Gasteiger charge is 2.35. The third-order valence-electron chi connectivity index (χ3n) is 2.86. The molecule has 0 aliphatic carbocycles. The number of ether oxygens (including phenoxy) is 1. The van der Waals surface area contributed by atoms with Crippen LogP contribution in [0.1, 0.15) is 38.4 Å². The molecule has 0 spiro atoms. The summed E-state index contributed by atoms with van der Waals surface area (Å²) in [5.41, 5.74) is 5.23. The van der Waals surface area contributed by atoms with Crippen LogP contribution in [0, 0.1) is 0 Å². The molecule has 0 aliphatic rings. The quantitative estimate of drug-likeness (QED) is 0.803. The SMILES string of the molecule is COCC(O)(CCCN)c1c(Br)cnn1C(C)C. The molecular weight excluding hydrogens is 298 g/mol. The van der Waals surface area contributed by atoms with Crippen molar-refractivity contribution in [3.63, 3.8) is 0 Å². The van der Waals surface area contributed by atoms with E-state index in [4.69, 9.17) is 10.5 Å². The molecule has 0 aromatic carbocycles. The molecule has 6 heteroatoms. The topological polar surface area (TPSA) is 73.3 Å². The van der Waals surface area contributed by atoms with E-state index in [1.165, 1.54) is 0 Å². The van der Waals surface area contributed by atoms with Gasteiger partial charge in [-0.15, -0.1) is 0 Å². The van der Waals surface area contributed by atoms with Crippen molar-refractivity contribution in [3.8, 4) is 0 Å². The van der Waals surface area contributed by atoms with Gasteiger partial charge in [0.1, 0.15) is 5.60 Å². The highest BCUT2D eigenvalue weighted by atomic mass is 79.9. The Morgan fingerprint density at radius 1 is 1.61 bits per heavy atom. The average Bonchev–Trinajstić information content (AvgIpc) is 2.70. The Morgan fingerprint density at radius 3 is 2.78 bits per heavy atom. The molecule has 0 radical (unpaired) electrons. The van der Waals surface area contributed by atoms with Crippen molar-refractivity contribution in [2.75, 3.05) is 20.3 Å². The molecule has 104 valence electrons. The van der Waals surface area contributed by atoms with Crippen LogP contribution in [0.25, 0.3) is 0 Å². The van der Waals surface area contributed by atoms with Crippen LogP contribution in [0.3, 0.4) is 0 Å². The van der Waals surface area contributed by atoms with E-state index in [-0.39, 0.29) is 12.6 Å². The first kappa shape index (κ1) is 15.6. The highest BCUT2D eigenvalue weighted by Crippen LogP contribution is 2.34. The van der Waals surface area contributed by atoms with Gasteiger partial charge in [-0.3, -0.25) is 4.68 Å². The number of aromatic nitrogens is 2. The summed E-state index contributed by atoms with van der Waals surface area (Å²) in [7, 11) is 1.58. The molecule has 1 atom stereocenters. The van der Waals surface area contributed by atoms with E-state index in [1.807, 2.05) is 18.5 Å². The van der Waals surface area contributed by atoms with Crippen LogP contribution < -0.4 is 5.73 Å². The van der Waals surface area contributed by atoms with Gasteiger partial charge in [0.05, 0.1) is 23.0 Å². The lowest BCUT2D eigenvalue weighted by molar-refractivity contribution is -0.0503. The molecule has 0 saturated carbocycles. The Hall–Kier alpha value is -0.430. The summed E-state index contributed by atoms with van der Waals surface area (Å²) < 4.78 is 7.78. The zero-order chi connectivity index (χ0) is 13.8. The maximum Gasteiger partial charge on any atom is 0.130 e. The van der Waals surface area contributed by atoms with E-state index in [2.05, 4.69) is 21.0 Å². The Kier molecular flexibility index (Phi) is 5.78. The number of methoxy groups -OCH3 is 1. The molecule has 1 heterocycles. The molecule has 0 aliphatic heterocycles. The van der Waals surface area contributed by atoms with Gasteiger partial charge >= 0.3 is 0 Å². The standard InChI is InChI=1S/C12H22BrN3O2/c1-9(2)16-11(10(13)7-15-16)12(17,8-18-3)5-4-6-14/h7,9,17H,4-6,8,14H2,1-3H3. The van der Waals surface area contributed by atoms with E-state index >= 15 is 0 Å². The van der Waals surface area contributed by atoms with Crippen LogP contribution in [0.5, 0.6) is 0 Å². The van der Waals surface area contributed by atoms with Gasteiger partial charge in [0.25, 0.3) is 0 Å². The molecule has 1 aromatic heterocycles. The van der Waals surface area contributed by atoms with Crippen molar-refractivity contribution in [1.82, 2.24) is 9.78 Å². The summed E-state index contributed by atoms with van der Waals surface area (Å²) >= 11 is 3.45. The van der Waals surface area contributed by atoms with Crippen molar-refractivity contribution in [1.29, 1.82) is 0 Å². The fourth-order valence-electron chi connectivity index (χ4n) is 2.06. The van der Waals surface area contributed by atoms with Crippen LogP contribution >= 0.6 is 15.9 Å². The number of hydrogen-bond acceptors (Lipinski definition) is 4. The second-order valence-electron chi connectivity index (χ2n) is 4.74. The number of hydrogen-bond donors (Lipinski definition) is 2. The minimum absolute atomic E-state index is 0.174. The van der Waals surface area contributed by atoms with Crippen molar-refractivity contribution < 1.29 is 9.84 Å².